The second-order valence-corrected chi connectivity index (χ2v) is 8.46. The number of aryl methyl sites for hydroxylation is 1. The van der Waals surface area contributed by atoms with E-state index in [9.17, 15) is 13.2 Å². The third-order valence-corrected chi connectivity index (χ3v) is 5.83. The van der Waals surface area contributed by atoms with Crippen LogP contribution in [0.4, 0.5) is 5.69 Å². The normalized spacial score (nSPS) is 14.4. The van der Waals surface area contributed by atoms with E-state index in [0.29, 0.717) is 18.5 Å². The molecule has 2 aromatic rings. The Bertz CT molecular complexity index is 827. The number of carbonyl (C=O) groups is 1. The molecule has 138 valence electrons. The van der Waals surface area contributed by atoms with Gasteiger partial charge in [0.25, 0.3) is 0 Å². The lowest BCUT2D eigenvalue weighted by Crippen LogP contribution is -2.29. The van der Waals surface area contributed by atoms with Gasteiger partial charge in [0, 0.05) is 18.8 Å². The number of amides is 1. The molecule has 0 atom stereocenters. The van der Waals surface area contributed by atoms with Gasteiger partial charge in [-0.05, 0) is 42.5 Å². The Hall–Kier alpha value is -2.34. The van der Waals surface area contributed by atoms with E-state index in [-0.39, 0.29) is 11.7 Å². The van der Waals surface area contributed by atoms with Crippen LogP contribution in [-0.4, -0.2) is 38.1 Å². The predicted octanol–water partition coefficient (Wildman–Crippen LogP) is 2.84. The van der Waals surface area contributed by atoms with Crippen LogP contribution in [0.2, 0.25) is 0 Å². The maximum Gasteiger partial charge on any atom is 0.233 e. The lowest BCUT2D eigenvalue weighted by Gasteiger charge is -2.15. The van der Waals surface area contributed by atoms with Gasteiger partial charge < -0.3 is 4.90 Å². The first-order valence-corrected chi connectivity index (χ1v) is 10.6. The van der Waals surface area contributed by atoms with E-state index in [4.69, 9.17) is 0 Å². The molecule has 1 heterocycles. The van der Waals surface area contributed by atoms with Crippen molar-refractivity contribution in [1.82, 2.24) is 4.90 Å². The lowest BCUT2D eigenvalue weighted by atomic mass is 10.1. The molecule has 0 aromatic heterocycles. The Kier molecular flexibility index (Phi) is 5.93. The number of hydrogen-bond donors (Lipinski definition) is 1. The predicted molar refractivity (Wildman–Crippen MR) is 104 cm³/mol. The standard InChI is InChI=1S/C20H24N2O3S/c23-20(22-13-4-5-14-22)16-18-8-10-19(11-9-18)21-26(24,25)15-12-17-6-2-1-3-7-17/h1-3,6-11,21H,4-5,12-16H2. The number of rotatable bonds is 7. The Labute approximate surface area is 155 Å². The molecule has 3 rings (SSSR count). The lowest BCUT2D eigenvalue weighted by molar-refractivity contribution is -0.129. The zero-order chi connectivity index (χ0) is 18.4. The molecule has 1 aliphatic rings. The summed E-state index contributed by atoms with van der Waals surface area (Å²) in [5, 5.41) is 0. The van der Waals surface area contributed by atoms with Gasteiger partial charge in [-0.3, -0.25) is 9.52 Å². The van der Waals surface area contributed by atoms with E-state index >= 15 is 0 Å². The van der Waals surface area contributed by atoms with E-state index in [2.05, 4.69) is 4.72 Å². The highest BCUT2D eigenvalue weighted by Crippen LogP contribution is 2.15. The zero-order valence-electron chi connectivity index (χ0n) is 14.7. The Morgan fingerprint density at radius 1 is 0.923 bits per heavy atom. The molecule has 5 nitrogen and oxygen atoms in total. The van der Waals surface area contributed by atoms with E-state index in [0.717, 1.165) is 37.1 Å². The van der Waals surface area contributed by atoms with Crippen LogP contribution in [0.1, 0.15) is 24.0 Å². The summed E-state index contributed by atoms with van der Waals surface area (Å²) in [6, 6.07) is 16.6. The van der Waals surface area contributed by atoms with Crippen molar-refractivity contribution >= 4 is 21.6 Å². The summed E-state index contributed by atoms with van der Waals surface area (Å²) < 4.78 is 27.1. The molecule has 1 amide bonds. The van der Waals surface area contributed by atoms with Crippen LogP contribution in [0.5, 0.6) is 0 Å². The minimum atomic E-state index is -3.41. The molecule has 1 saturated heterocycles. The topological polar surface area (TPSA) is 66.5 Å². The number of carbonyl (C=O) groups excluding carboxylic acids is 1. The van der Waals surface area contributed by atoms with Crippen molar-refractivity contribution in [2.24, 2.45) is 0 Å². The van der Waals surface area contributed by atoms with Crippen molar-refractivity contribution in [1.29, 1.82) is 0 Å². The van der Waals surface area contributed by atoms with Gasteiger partial charge in [-0.15, -0.1) is 0 Å². The van der Waals surface area contributed by atoms with Crippen LogP contribution in [0.25, 0.3) is 0 Å². The fourth-order valence-electron chi connectivity index (χ4n) is 3.07. The number of sulfonamides is 1. The van der Waals surface area contributed by atoms with E-state index < -0.39 is 10.0 Å². The number of anilines is 1. The summed E-state index contributed by atoms with van der Waals surface area (Å²) in [5.74, 6) is 0.172. The van der Waals surface area contributed by atoms with Crippen LogP contribution < -0.4 is 4.72 Å². The first-order chi connectivity index (χ1) is 12.5. The molecule has 2 aromatic carbocycles. The summed E-state index contributed by atoms with van der Waals surface area (Å²) in [7, 11) is -3.41. The zero-order valence-corrected chi connectivity index (χ0v) is 15.5. The number of nitrogens with zero attached hydrogens (tertiary/aromatic N) is 1. The van der Waals surface area contributed by atoms with Gasteiger partial charge in [0.2, 0.25) is 15.9 Å². The maximum atomic E-state index is 12.2. The molecule has 6 heteroatoms. The molecule has 0 saturated carbocycles. The van der Waals surface area contributed by atoms with Crippen molar-refractivity contribution in [3.63, 3.8) is 0 Å². The second-order valence-electron chi connectivity index (χ2n) is 6.62. The maximum absolute atomic E-state index is 12.2. The highest BCUT2D eigenvalue weighted by molar-refractivity contribution is 7.92. The molecule has 0 radical (unpaired) electrons. The monoisotopic (exact) mass is 372 g/mol. The average molecular weight is 372 g/mol. The van der Waals surface area contributed by atoms with Crippen LogP contribution in [0.3, 0.4) is 0 Å². The van der Waals surface area contributed by atoms with Crippen molar-refractivity contribution in [3.8, 4) is 0 Å². The van der Waals surface area contributed by atoms with Gasteiger partial charge in [0.1, 0.15) is 0 Å². The largest absolute Gasteiger partial charge is 0.342 e. The Morgan fingerprint density at radius 3 is 2.23 bits per heavy atom. The van der Waals surface area contributed by atoms with E-state index in [1.54, 1.807) is 12.1 Å². The second kappa shape index (κ2) is 8.36. The number of benzene rings is 2. The fraction of sp³-hybridized carbons (Fsp3) is 0.350. The average Bonchev–Trinajstić information content (AvgIpc) is 3.17. The van der Waals surface area contributed by atoms with E-state index in [1.165, 1.54) is 0 Å². The first kappa shape index (κ1) is 18.5. The molecule has 0 aliphatic carbocycles. The molecule has 1 fully saturated rings. The van der Waals surface area contributed by atoms with Gasteiger partial charge in [-0.2, -0.15) is 0 Å². The fourth-order valence-corrected chi connectivity index (χ4v) is 4.17. The SMILES string of the molecule is O=C(Cc1ccc(NS(=O)(=O)CCc2ccccc2)cc1)N1CCCC1. The third-order valence-electron chi connectivity index (χ3n) is 4.54. The number of nitrogens with one attached hydrogen (secondary N) is 1. The molecule has 26 heavy (non-hydrogen) atoms. The van der Waals surface area contributed by atoms with Gasteiger partial charge >= 0.3 is 0 Å². The Balaban J connectivity index is 1.53. The molecule has 0 bridgehead atoms. The summed E-state index contributed by atoms with van der Waals surface area (Å²) in [6.07, 6.45) is 2.99. The van der Waals surface area contributed by atoms with Crippen LogP contribution in [0, 0.1) is 0 Å². The first-order valence-electron chi connectivity index (χ1n) is 8.93. The van der Waals surface area contributed by atoms with Crippen LogP contribution >= 0.6 is 0 Å². The molecule has 0 spiro atoms. The van der Waals surface area contributed by atoms with Gasteiger partial charge in [-0.1, -0.05) is 42.5 Å². The highest BCUT2D eigenvalue weighted by Gasteiger charge is 2.18. The van der Waals surface area contributed by atoms with Gasteiger partial charge in [0.15, 0.2) is 0 Å². The Morgan fingerprint density at radius 2 is 1.58 bits per heavy atom. The summed E-state index contributed by atoms with van der Waals surface area (Å²) in [4.78, 5) is 14.1. The quantitative estimate of drug-likeness (QED) is 0.813. The van der Waals surface area contributed by atoms with Crippen molar-refractivity contribution < 1.29 is 13.2 Å². The molecular weight excluding hydrogens is 348 g/mol. The van der Waals surface area contributed by atoms with E-state index in [1.807, 2.05) is 47.4 Å². The van der Waals surface area contributed by atoms with Crippen LogP contribution in [0.15, 0.2) is 54.6 Å². The minimum Gasteiger partial charge on any atom is -0.342 e. The molecule has 0 unspecified atom stereocenters. The highest BCUT2D eigenvalue weighted by atomic mass is 32.2. The molecule has 1 N–H and O–H groups in total. The van der Waals surface area contributed by atoms with Crippen molar-refractivity contribution in [2.45, 2.75) is 25.7 Å². The molecular formula is C20H24N2O3S. The third kappa shape index (κ3) is 5.33. The van der Waals surface area contributed by atoms with Gasteiger partial charge in [-0.25, -0.2) is 8.42 Å². The summed E-state index contributed by atoms with van der Waals surface area (Å²) in [5.41, 5.74) is 2.42. The summed E-state index contributed by atoms with van der Waals surface area (Å²) in [6.45, 7) is 1.69. The van der Waals surface area contributed by atoms with Crippen molar-refractivity contribution in [2.75, 3.05) is 23.6 Å². The molecule has 1 aliphatic heterocycles. The number of likely N-dealkylation sites (tertiary alicyclic amines) is 1. The van der Waals surface area contributed by atoms with Gasteiger partial charge in [0.05, 0.1) is 12.2 Å². The minimum absolute atomic E-state index is 0.0339. The number of hydrogen-bond acceptors (Lipinski definition) is 3. The van der Waals surface area contributed by atoms with Crippen molar-refractivity contribution in [3.05, 3.63) is 65.7 Å². The van der Waals surface area contributed by atoms with Crippen LogP contribution in [-0.2, 0) is 27.7 Å². The smallest absolute Gasteiger partial charge is 0.233 e. The summed E-state index contributed by atoms with van der Waals surface area (Å²) >= 11 is 0.